The number of likely N-dealkylation sites (N-methyl/N-ethyl adjacent to an activating group) is 1. The summed E-state index contributed by atoms with van der Waals surface area (Å²) in [6.45, 7) is 2.34. The lowest BCUT2D eigenvalue weighted by Crippen LogP contribution is -2.44. The fourth-order valence-electron chi connectivity index (χ4n) is 6.22. The first-order valence-electron chi connectivity index (χ1n) is 23.8. The average Bonchev–Trinajstić information content (AvgIpc) is 3.21. The number of nitrogens with zero attached hydrogens (tertiary/aromatic N) is 1. The summed E-state index contributed by atoms with van der Waals surface area (Å²) >= 11 is 0. The van der Waals surface area contributed by atoms with Gasteiger partial charge in [-0.3, -0.25) is 4.79 Å². The van der Waals surface area contributed by atoms with E-state index in [2.05, 4.69) is 92.0 Å². The number of hydrogen-bond acceptors (Lipinski definition) is 7. The number of rotatable bonds is 43. The number of carbonyl (C=O) groups excluding carboxylic acids is 2. The fraction of sp³-hybridized carbons (Fsp3) is 0.692. The molecule has 0 aliphatic carbocycles. The molecule has 1 N–H and O–H groups in total. The summed E-state index contributed by atoms with van der Waals surface area (Å²) in [5.41, 5.74) is 0. The SMILES string of the molecule is CC/C=C\C/C=C\C/C=C\C/C=C\C/C=C\C/C=C\C/C=C\CCCCCCCCCCCCCCCCCCCC(=O)OCC(O)COC(OCC[N+](C)(C)C)C(=O)[O-]. The monoisotopic (exact) mass is 840 g/mol. The van der Waals surface area contributed by atoms with Gasteiger partial charge in [0.15, 0.2) is 6.29 Å². The predicted molar refractivity (Wildman–Crippen MR) is 250 cm³/mol. The Kier molecular flexibility index (Phi) is 41.8. The molecule has 0 heterocycles. The van der Waals surface area contributed by atoms with Crippen molar-refractivity contribution in [3.8, 4) is 0 Å². The molecule has 0 aromatic heterocycles. The lowest BCUT2D eigenvalue weighted by molar-refractivity contribution is -0.870. The maximum absolute atomic E-state index is 12.0. The summed E-state index contributed by atoms with van der Waals surface area (Å²) in [7, 11) is 5.87. The number of carboxylic acid groups (broad SMARTS) is 1. The molecule has 0 spiro atoms. The van der Waals surface area contributed by atoms with Crippen LogP contribution in [-0.2, 0) is 23.8 Å². The van der Waals surface area contributed by atoms with Crippen LogP contribution < -0.4 is 5.11 Å². The van der Waals surface area contributed by atoms with Gasteiger partial charge in [-0.25, -0.2) is 0 Å². The van der Waals surface area contributed by atoms with Crippen molar-refractivity contribution in [3.63, 3.8) is 0 Å². The van der Waals surface area contributed by atoms with Gasteiger partial charge in [0.25, 0.3) is 0 Å². The van der Waals surface area contributed by atoms with Crippen molar-refractivity contribution in [1.82, 2.24) is 0 Å². The van der Waals surface area contributed by atoms with Gasteiger partial charge >= 0.3 is 5.97 Å². The van der Waals surface area contributed by atoms with E-state index in [1.54, 1.807) is 0 Å². The normalized spacial score (nSPS) is 13.8. The van der Waals surface area contributed by atoms with Gasteiger partial charge in [-0.1, -0.05) is 188 Å². The molecule has 0 amide bonds. The molecular formula is C52H89NO7. The van der Waals surface area contributed by atoms with Crippen molar-refractivity contribution in [1.29, 1.82) is 0 Å². The van der Waals surface area contributed by atoms with Crippen molar-refractivity contribution in [2.45, 2.75) is 186 Å². The Labute approximate surface area is 368 Å². The van der Waals surface area contributed by atoms with E-state index >= 15 is 0 Å². The van der Waals surface area contributed by atoms with E-state index < -0.39 is 18.4 Å². The predicted octanol–water partition coefficient (Wildman–Crippen LogP) is 11.8. The van der Waals surface area contributed by atoms with Gasteiger partial charge in [0.05, 0.1) is 40.3 Å². The molecule has 0 saturated carbocycles. The molecule has 0 radical (unpaired) electrons. The largest absolute Gasteiger partial charge is 0.545 e. The highest BCUT2D eigenvalue weighted by Gasteiger charge is 2.17. The molecule has 0 fully saturated rings. The topological polar surface area (TPSA) is 105 Å². The van der Waals surface area contributed by atoms with E-state index in [4.69, 9.17) is 14.2 Å². The summed E-state index contributed by atoms with van der Waals surface area (Å²) in [6, 6.07) is 0. The first kappa shape index (κ1) is 57.0. The van der Waals surface area contributed by atoms with Gasteiger partial charge in [0.1, 0.15) is 19.3 Å². The molecule has 0 rings (SSSR count). The van der Waals surface area contributed by atoms with Crippen LogP contribution >= 0.6 is 0 Å². The van der Waals surface area contributed by atoms with Gasteiger partial charge in [-0.2, -0.15) is 0 Å². The number of aliphatic carboxylic acids is 1. The number of hydrogen-bond donors (Lipinski definition) is 1. The van der Waals surface area contributed by atoms with Gasteiger partial charge in [-0.15, -0.1) is 0 Å². The number of esters is 1. The first-order chi connectivity index (χ1) is 29.2. The van der Waals surface area contributed by atoms with Crippen LogP contribution in [0, 0.1) is 0 Å². The standard InChI is InChI=1S/C52H89NO7/c1-5-6-7-8-9-10-11-12-13-14-15-16-17-18-19-20-21-22-23-24-25-26-27-28-29-30-31-32-33-34-35-36-37-38-39-40-41-42-43-44-50(55)59-47-49(54)48-60-52(51(56)57)58-46-45-53(2,3)4/h6-7,9-10,12-13,15-16,18-19,21-22,24-25,49,52,54H,5,8,11,14,17,20,23,26-48H2,1-4H3/b7-6-,10-9-,13-12-,16-15-,19-18-,22-21-,25-24-. The molecule has 0 bridgehead atoms. The zero-order valence-corrected chi connectivity index (χ0v) is 38.8. The van der Waals surface area contributed by atoms with Gasteiger partial charge in [-0.05, 0) is 64.2 Å². The number of carboxylic acids is 1. The summed E-state index contributed by atoms with van der Waals surface area (Å²) in [6.07, 6.45) is 59.2. The van der Waals surface area contributed by atoms with Crippen molar-refractivity contribution < 1.29 is 38.5 Å². The summed E-state index contributed by atoms with van der Waals surface area (Å²) in [5, 5.41) is 21.2. The van der Waals surface area contributed by atoms with Gasteiger partial charge in [0, 0.05) is 6.42 Å². The third-order valence-electron chi connectivity index (χ3n) is 9.89. The molecule has 0 aliphatic heterocycles. The van der Waals surface area contributed by atoms with Crippen LogP contribution in [-0.4, -0.2) is 81.4 Å². The molecule has 2 unspecified atom stereocenters. The highest BCUT2D eigenvalue weighted by molar-refractivity contribution is 5.69. The Hall–Kier alpha value is -3.04. The fourth-order valence-corrected chi connectivity index (χ4v) is 6.22. The number of aliphatic hydroxyl groups is 1. The Balaban J connectivity index is 3.47. The van der Waals surface area contributed by atoms with Crippen LogP contribution in [0.15, 0.2) is 85.1 Å². The zero-order valence-electron chi connectivity index (χ0n) is 38.8. The number of quaternary nitrogens is 1. The molecule has 60 heavy (non-hydrogen) atoms. The van der Waals surface area contributed by atoms with Gasteiger partial charge < -0.3 is 33.7 Å². The second-order valence-corrected chi connectivity index (χ2v) is 16.9. The van der Waals surface area contributed by atoms with Gasteiger partial charge in [0.2, 0.25) is 0 Å². The molecule has 2 atom stereocenters. The van der Waals surface area contributed by atoms with E-state index in [0.29, 0.717) is 17.4 Å². The maximum atomic E-state index is 12.0. The van der Waals surface area contributed by atoms with Crippen molar-refractivity contribution in [2.75, 3.05) is 47.5 Å². The Morgan fingerprint density at radius 1 is 0.517 bits per heavy atom. The van der Waals surface area contributed by atoms with Crippen LogP contribution in [0.5, 0.6) is 0 Å². The number of allylic oxidation sites excluding steroid dienone is 14. The second kappa shape index (κ2) is 44.0. The van der Waals surface area contributed by atoms with E-state index in [1.165, 1.54) is 96.3 Å². The quantitative estimate of drug-likeness (QED) is 0.0214. The highest BCUT2D eigenvalue weighted by Crippen LogP contribution is 2.15. The average molecular weight is 840 g/mol. The lowest BCUT2D eigenvalue weighted by atomic mass is 10.0. The van der Waals surface area contributed by atoms with E-state index in [-0.39, 0.29) is 25.8 Å². The zero-order chi connectivity index (χ0) is 44.0. The third kappa shape index (κ3) is 46.0. The molecule has 0 aromatic rings. The van der Waals surface area contributed by atoms with Crippen molar-refractivity contribution in [3.05, 3.63) is 85.1 Å². The maximum Gasteiger partial charge on any atom is 0.305 e. The third-order valence-corrected chi connectivity index (χ3v) is 9.89. The lowest BCUT2D eigenvalue weighted by Gasteiger charge is -2.26. The summed E-state index contributed by atoms with van der Waals surface area (Å²) in [5.74, 6) is -1.87. The number of ether oxygens (including phenoxy) is 3. The molecule has 344 valence electrons. The number of unbranched alkanes of at least 4 members (excludes halogenated alkanes) is 17. The van der Waals surface area contributed by atoms with Crippen molar-refractivity contribution in [2.24, 2.45) is 0 Å². The Morgan fingerprint density at radius 2 is 0.883 bits per heavy atom. The van der Waals surface area contributed by atoms with E-state index in [9.17, 15) is 19.8 Å². The van der Waals surface area contributed by atoms with Crippen molar-refractivity contribution >= 4 is 11.9 Å². The number of aliphatic hydroxyl groups excluding tert-OH is 1. The second-order valence-electron chi connectivity index (χ2n) is 16.9. The molecule has 8 heteroatoms. The number of carbonyl (C=O) groups is 2. The van der Waals surface area contributed by atoms with Crippen LogP contribution in [0.2, 0.25) is 0 Å². The minimum absolute atomic E-state index is 0.169. The molecular weight excluding hydrogens is 751 g/mol. The van der Waals surface area contributed by atoms with Crippen LogP contribution in [0.4, 0.5) is 0 Å². The summed E-state index contributed by atoms with van der Waals surface area (Å²) in [4.78, 5) is 23.2. The molecule has 0 aliphatic rings. The first-order valence-corrected chi connectivity index (χ1v) is 23.8. The minimum atomic E-state index is -1.58. The molecule has 0 saturated heterocycles. The van der Waals surface area contributed by atoms with Crippen LogP contribution in [0.3, 0.4) is 0 Å². The molecule has 0 aromatic carbocycles. The van der Waals surface area contributed by atoms with E-state index in [0.717, 1.165) is 64.2 Å². The Morgan fingerprint density at radius 3 is 1.27 bits per heavy atom. The van der Waals surface area contributed by atoms with E-state index in [1.807, 2.05) is 21.1 Å². The highest BCUT2D eigenvalue weighted by atomic mass is 16.7. The summed E-state index contributed by atoms with van der Waals surface area (Å²) < 4.78 is 16.0. The van der Waals surface area contributed by atoms with Crippen LogP contribution in [0.1, 0.15) is 174 Å². The van der Waals surface area contributed by atoms with Crippen LogP contribution in [0.25, 0.3) is 0 Å². The molecule has 8 nitrogen and oxygen atoms in total. The smallest absolute Gasteiger partial charge is 0.305 e. The minimum Gasteiger partial charge on any atom is -0.545 e. The Bertz CT molecular complexity index is 1190.